The Hall–Kier alpha value is -0.920. The molecule has 0 radical (unpaired) electrons. The van der Waals surface area contributed by atoms with Crippen LogP contribution in [0.1, 0.15) is 51.0 Å². The second kappa shape index (κ2) is 6.52. The largest absolute Gasteiger partial charge is 0.481 e. The lowest BCUT2D eigenvalue weighted by atomic mass is 10.1. The second-order valence-corrected chi connectivity index (χ2v) is 3.77. The predicted octanol–water partition coefficient (Wildman–Crippen LogP) is 3.89. The molecule has 2 heteroatoms. The lowest BCUT2D eigenvalue weighted by molar-refractivity contribution is 0.327. The van der Waals surface area contributed by atoms with Crippen LogP contribution in [0.15, 0.2) is 16.7 Å². The predicted molar refractivity (Wildman–Crippen MR) is 57.5 cm³/mol. The summed E-state index contributed by atoms with van der Waals surface area (Å²) in [6.07, 6.45) is 10.2. The van der Waals surface area contributed by atoms with E-state index in [0.717, 1.165) is 18.4 Å². The van der Waals surface area contributed by atoms with Crippen molar-refractivity contribution in [3.63, 3.8) is 0 Å². The molecule has 0 aliphatic rings. The molecular formula is C12H20O2. The van der Waals surface area contributed by atoms with Gasteiger partial charge in [-0.15, -0.1) is 0 Å². The number of unbranched alkanes of at least 4 members (excludes halogenated alkanes) is 5. The van der Waals surface area contributed by atoms with Crippen molar-refractivity contribution in [3.05, 3.63) is 17.9 Å². The fraction of sp³-hybridized carbons (Fsp3) is 0.667. The van der Waals surface area contributed by atoms with Gasteiger partial charge in [0, 0.05) is 5.56 Å². The molecule has 1 aromatic heterocycles. The van der Waals surface area contributed by atoms with E-state index in [1.54, 1.807) is 6.26 Å². The molecule has 1 rings (SSSR count). The van der Waals surface area contributed by atoms with E-state index in [2.05, 4.69) is 6.92 Å². The van der Waals surface area contributed by atoms with E-state index >= 15 is 0 Å². The van der Waals surface area contributed by atoms with Gasteiger partial charge >= 0.3 is 0 Å². The summed E-state index contributed by atoms with van der Waals surface area (Å²) in [6.45, 7) is 2.23. The van der Waals surface area contributed by atoms with Crippen LogP contribution in [0.2, 0.25) is 0 Å². The van der Waals surface area contributed by atoms with Crippen molar-refractivity contribution in [3.8, 4) is 5.95 Å². The number of rotatable bonds is 7. The molecule has 2 nitrogen and oxygen atoms in total. The molecule has 0 spiro atoms. The zero-order valence-corrected chi connectivity index (χ0v) is 8.96. The summed E-state index contributed by atoms with van der Waals surface area (Å²) in [4.78, 5) is 0. The summed E-state index contributed by atoms with van der Waals surface area (Å²) in [5, 5.41) is 9.22. The summed E-state index contributed by atoms with van der Waals surface area (Å²) in [5.41, 5.74) is 0.945. The van der Waals surface area contributed by atoms with E-state index in [9.17, 15) is 5.11 Å². The number of aromatic hydroxyl groups is 1. The topological polar surface area (TPSA) is 33.4 Å². The Morgan fingerprint density at radius 3 is 2.50 bits per heavy atom. The van der Waals surface area contributed by atoms with Gasteiger partial charge in [0.2, 0.25) is 0 Å². The molecule has 1 aromatic rings. The van der Waals surface area contributed by atoms with Crippen molar-refractivity contribution in [1.29, 1.82) is 0 Å². The van der Waals surface area contributed by atoms with Crippen LogP contribution in [0.4, 0.5) is 0 Å². The Labute approximate surface area is 85.9 Å². The molecule has 0 saturated carbocycles. The van der Waals surface area contributed by atoms with Crippen molar-refractivity contribution < 1.29 is 9.52 Å². The average molecular weight is 196 g/mol. The van der Waals surface area contributed by atoms with Crippen molar-refractivity contribution in [1.82, 2.24) is 0 Å². The van der Waals surface area contributed by atoms with Gasteiger partial charge in [-0.25, -0.2) is 0 Å². The molecule has 0 amide bonds. The standard InChI is InChI=1S/C12H20O2/c1-2-3-4-5-6-7-8-11-9-10-14-12(11)13/h9-10,13H,2-8H2,1H3. The zero-order chi connectivity index (χ0) is 10.2. The third kappa shape index (κ3) is 3.86. The summed E-state index contributed by atoms with van der Waals surface area (Å²) in [5.74, 6) is 0.0959. The lowest BCUT2D eigenvalue weighted by Crippen LogP contribution is -1.84. The zero-order valence-electron chi connectivity index (χ0n) is 8.96. The van der Waals surface area contributed by atoms with E-state index in [0.29, 0.717) is 0 Å². The third-order valence-corrected chi connectivity index (χ3v) is 2.52. The molecule has 0 unspecified atom stereocenters. The number of furan rings is 1. The Balaban J connectivity index is 2.02. The molecular weight excluding hydrogens is 176 g/mol. The van der Waals surface area contributed by atoms with Crippen molar-refractivity contribution in [2.45, 2.75) is 51.9 Å². The lowest BCUT2D eigenvalue weighted by Gasteiger charge is -1.99. The van der Waals surface area contributed by atoms with E-state index in [1.807, 2.05) is 6.07 Å². The van der Waals surface area contributed by atoms with Gasteiger partial charge in [0.05, 0.1) is 6.26 Å². The third-order valence-electron chi connectivity index (χ3n) is 2.52. The summed E-state index contributed by atoms with van der Waals surface area (Å²) < 4.78 is 4.82. The smallest absolute Gasteiger partial charge is 0.285 e. The average Bonchev–Trinajstić information content (AvgIpc) is 2.58. The SMILES string of the molecule is CCCCCCCCc1ccoc1O. The highest BCUT2D eigenvalue weighted by atomic mass is 16.5. The summed E-state index contributed by atoms with van der Waals surface area (Å²) in [6, 6.07) is 1.85. The summed E-state index contributed by atoms with van der Waals surface area (Å²) in [7, 11) is 0. The fourth-order valence-electron chi connectivity index (χ4n) is 1.61. The molecule has 0 bridgehead atoms. The first kappa shape index (κ1) is 11.2. The second-order valence-electron chi connectivity index (χ2n) is 3.77. The highest BCUT2D eigenvalue weighted by molar-refractivity contribution is 5.20. The van der Waals surface area contributed by atoms with E-state index in [1.165, 1.54) is 32.1 Å². The molecule has 80 valence electrons. The van der Waals surface area contributed by atoms with Crippen LogP contribution in [0.3, 0.4) is 0 Å². The molecule has 0 fully saturated rings. The molecule has 0 atom stereocenters. The maximum atomic E-state index is 9.22. The van der Waals surface area contributed by atoms with E-state index in [-0.39, 0.29) is 5.95 Å². The van der Waals surface area contributed by atoms with Crippen molar-refractivity contribution >= 4 is 0 Å². The molecule has 14 heavy (non-hydrogen) atoms. The number of hydrogen-bond acceptors (Lipinski definition) is 2. The van der Waals surface area contributed by atoms with Gasteiger partial charge in [0.15, 0.2) is 0 Å². The minimum absolute atomic E-state index is 0.0959. The molecule has 0 aliphatic heterocycles. The monoisotopic (exact) mass is 196 g/mol. The van der Waals surface area contributed by atoms with Crippen LogP contribution < -0.4 is 0 Å². The van der Waals surface area contributed by atoms with Gasteiger partial charge in [-0.1, -0.05) is 39.0 Å². The molecule has 1 heterocycles. The Morgan fingerprint density at radius 1 is 1.14 bits per heavy atom. The quantitative estimate of drug-likeness (QED) is 0.671. The first-order valence-electron chi connectivity index (χ1n) is 5.60. The molecule has 0 aromatic carbocycles. The van der Waals surface area contributed by atoms with Gasteiger partial charge < -0.3 is 9.52 Å². The number of aryl methyl sites for hydroxylation is 1. The Bertz CT molecular complexity index is 240. The maximum Gasteiger partial charge on any atom is 0.285 e. The van der Waals surface area contributed by atoms with Gasteiger partial charge in [0.1, 0.15) is 0 Å². The van der Waals surface area contributed by atoms with Gasteiger partial charge in [-0.05, 0) is 18.9 Å². The normalized spacial score (nSPS) is 10.6. The first-order valence-corrected chi connectivity index (χ1v) is 5.60. The molecule has 0 saturated heterocycles. The maximum absolute atomic E-state index is 9.22. The van der Waals surface area contributed by atoms with Gasteiger partial charge in [-0.3, -0.25) is 0 Å². The Morgan fingerprint density at radius 2 is 1.86 bits per heavy atom. The minimum atomic E-state index is 0.0959. The number of hydrogen-bond donors (Lipinski definition) is 1. The van der Waals surface area contributed by atoms with E-state index < -0.39 is 0 Å². The first-order chi connectivity index (χ1) is 6.84. The van der Waals surface area contributed by atoms with Gasteiger partial charge in [0.25, 0.3) is 5.95 Å². The van der Waals surface area contributed by atoms with Crippen molar-refractivity contribution in [2.24, 2.45) is 0 Å². The minimum Gasteiger partial charge on any atom is -0.481 e. The van der Waals surface area contributed by atoms with Crippen LogP contribution in [0, 0.1) is 0 Å². The van der Waals surface area contributed by atoms with E-state index in [4.69, 9.17) is 4.42 Å². The van der Waals surface area contributed by atoms with Crippen LogP contribution in [-0.2, 0) is 6.42 Å². The Kier molecular flexibility index (Phi) is 5.20. The highest BCUT2D eigenvalue weighted by Gasteiger charge is 2.02. The van der Waals surface area contributed by atoms with Crippen molar-refractivity contribution in [2.75, 3.05) is 0 Å². The highest BCUT2D eigenvalue weighted by Crippen LogP contribution is 2.20. The van der Waals surface area contributed by atoms with Crippen LogP contribution in [0.25, 0.3) is 0 Å². The van der Waals surface area contributed by atoms with Crippen LogP contribution in [0.5, 0.6) is 5.95 Å². The van der Waals surface area contributed by atoms with Crippen LogP contribution >= 0.6 is 0 Å². The molecule has 0 aliphatic carbocycles. The van der Waals surface area contributed by atoms with Gasteiger partial charge in [-0.2, -0.15) is 0 Å². The van der Waals surface area contributed by atoms with Crippen LogP contribution in [-0.4, -0.2) is 5.11 Å². The summed E-state index contributed by atoms with van der Waals surface area (Å²) >= 11 is 0. The fourth-order valence-corrected chi connectivity index (χ4v) is 1.61. The molecule has 1 N–H and O–H groups in total.